The van der Waals surface area contributed by atoms with E-state index in [4.69, 9.17) is 0 Å². The van der Waals surface area contributed by atoms with E-state index in [1.54, 1.807) is 0 Å². The Labute approximate surface area is 126 Å². The van der Waals surface area contributed by atoms with Crippen LogP contribution in [0.15, 0.2) is 0 Å². The van der Waals surface area contributed by atoms with E-state index < -0.39 is 0 Å². The topological polar surface area (TPSA) is 0 Å². The Hall–Kier alpha value is 4.23. The summed E-state index contributed by atoms with van der Waals surface area (Å²) in [5.41, 5.74) is 0. The van der Waals surface area contributed by atoms with Gasteiger partial charge >= 0.3 is 86.6 Å². The first-order chi connectivity index (χ1) is 0. The molecule has 0 aliphatic rings. The van der Waals surface area contributed by atoms with Crippen molar-refractivity contribution in [2.45, 2.75) is 0 Å². The molecule has 0 aliphatic heterocycles. The molecule has 0 unspecified atom stereocenters. The van der Waals surface area contributed by atoms with E-state index in [0.717, 1.165) is 0 Å². The third-order valence-corrected chi connectivity index (χ3v) is 0. The smallest absolute Gasteiger partial charge is 0 e. The van der Waals surface area contributed by atoms with Crippen LogP contribution in [0.25, 0.3) is 0 Å². The van der Waals surface area contributed by atoms with Gasteiger partial charge in [-0.1, -0.05) is 0 Å². The molecule has 0 aromatic carbocycles. The molecule has 0 aliphatic carbocycles. The second kappa shape index (κ2) is 15.7. The molecule has 0 heterocycles. The van der Waals surface area contributed by atoms with Crippen molar-refractivity contribution in [1.29, 1.82) is 0 Å². The van der Waals surface area contributed by atoms with Gasteiger partial charge in [0, 0.05) is 43.3 Å². The molecule has 0 spiro atoms. The van der Waals surface area contributed by atoms with Crippen molar-refractivity contribution >= 4 is 86.6 Å². The van der Waals surface area contributed by atoms with Gasteiger partial charge in [0.2, 0.25) is 0 Å². The first kappa shape index (κ1) is 24.0. The zero-order valence-corrected chi connectivity index (χ0v) is 4.52. The van der Waals surface area contributed by atoms with Crippen LogP contribution in [-0.2, 0) is 43.3 Å². The molecule has 0 saturated carbocycles. The van der Waals surface area contributed by atoms with Crippen LogP contribution in [0.3, 0.4) is 0 Å². The van der Waals surface area contributed by atoms with E-state index in [1.807, 2.05) is 0 Å². The second-order valence-corrected chi connectivity index (χ2v) is 0. The van der Waals surface area contributed by atoms with E-state index in [-0.39, 0.29) is 130 Å². The van der Waals surface area contributed by atoms with Crippen LogP contribution >= 0.6 is 0 Å². The molecule has 4 heteroatoms. The van der Waals surface area contributed by atoms with Crippen LogP contribution in [0.5, 0.6) is 0 Å². The van der Waals surface area contributed by atoms with Crippen molar-refractivity contribution in [3.63, 3.8) is 0 Å². The maximum Gasteiger partial charge on any atom is 0 e. The fraction of sp³-hybridized carbons (Fsp3) is 0. The van der Waals surface area contributed by atoms with Gasteiger partial charge in [0.15, 0.2) is 0 Å². The van der Waals surface area contributed by atoms with Crippen LogP contribution in [0, 0.1) is 0 Å². The van der Waals surface area contributed by atoms with E-state index in [1.165, 1.54) is 0 Å². The van der Waals surface area contributed by atoms with Crippen LogP contribution in [-0.4, -0.2) is 86.6 Å². The summed E-state index contributed by atoms with van der Waals surface area (Å²) in [5, 5.41) is 0. The van der Waals surface area contributed by atoms with Crippen molar-refractivity contribution in [3.8, 4) is 0 Å². The molecule has 0 nitrogen and oxygen atoms in total. The average molecular weight is 328 g/mol. The zero-order chi connectivity index (χ0) is 0. The van der Waals surface area contributed by atoms with Crippen LogP contribution < -0.4 is 0 Å². The molecular formula is H4BaCaMnZr. The molecule has 0 rings (SSSR count). The minimum absolute atomic E-state index is 0. The molecule has 0 saturated heterocycles. The maximum atomic E-state index is 0. The number of hydrogen-bond acceptors (Lipinski definition) is 0. The van der Waals surface area contributed by atoms with Gasteiger partial charge in [-0.3, -0.25) is 0 Å². The Morgan fingerprint density at radius 2 is 1.00 bits per heavy atom. The molecule has 0 N–H and O–H groups in total. The van der Waals surface area contributed by atoms with Gasteiger partial charge in [0.1, 0.15) is 0 Å². The quantitative estimate of drug-likeness (QED) is 0.459. The molecule has 0 aromatic heterocycles. The summed E-state index contributed by atoms with van der Waals surface area (Å²) in [4.78, 5) is 0. The Balaban J connectivity index is 0. The van der Waals surface area contributed by atoms with Gasteiger partial charge in [0.05, 0.1) is 0 Å². The summed E-state index contributed by atoms with van der Waals surface area (Å²) in [5.74, 6) is 0. The normalized spacial score (nSPS) is 0. The average Bonchev–Trinajstić information content (AvgIpc) is 0. The van der Waals surface area contributed by atoms with E-state index in [9.17, 15) is 0 Å². The van der Waals surface area contributed by atoms with Crippen molar-refractivity contribution in [3.05, 3.63) is 0 Å². The number of rotatable bonds is 0. The van der Waals surface area contributed by atoms with E-state index in [2.05, 4.69) is 0 Å². The summed E-state index contributed by atoms with van der Waals surface area (Å²) in [6.07, 6.45) is 0. The first-order valence-electron chi connectivity index (χ1n) is 0. The Kier molecular flexibility index (Phi) is 94.2. The predicted molar refractivity (Wildman–Crippen MR) is 17.1 cm³/mol. The Bertz CT molecular complexity index is 8.00. The van der Waals surface area contributed by atoms with Crippen LogP contribution in [0.1, 0.15) is 0 Å². The largest absolute Gasteiger partial charge is 0 e. The minimum Gasteiger partial charge on any atom is 0 e. The van der Waals surface area contributed by atoms with Crippen molar-refractivity contribution in [2.24, 2.45) is 0 Å². The van der Waals surface area contributed by atoms with Gasteiger partial charge in [-0.15, -0.1) is 0 Å². The zero-order valence-electron chi connectivity index (χ0n) is 0.878. The SMILES string of the molecule is [BaH2].[CaH2].[Mn].[Zr]. The van der Waals surface area contributed by atoms with Gasteiger partial charge in [0.25, 0.3) is 0 Å². The summed E-state index contributed by atoms with van der Waals surface area (Å²) in [7, 11) is 0. The monoisotopic (exact) mass is 327 g/mol. The molecule has 19 valence electrons. The standard InChI is InChI=1S/Ba.Ca.Mn.Zr.4H. The van der Waals surface area contributed by atoms with Crippen LogP contribution in [0.2, 0.25) is 0 Å². The Morgan fingerprint density at radius 3 is 1.00 bits per heavy atom. The van der Waals surface area contributed by atoms with Gasteiger partial charge in [-0.2, -0.15) is 0 Å². The van der Waals surface area contributed by atoms with E-state index >= 15 is 0 Å². The third-order valence-electron chi connectivity index (χ3n) is 0. The van der Waals surface area contributed by atoms with Crippen molar-refractivity contribution in [2.75, 3.05) is 0 Å². The summed E-state index contributed by atoms with van der Waals surface area (Å²) >= 11 is 0. The Morgan fingerprint density at radius 1 is 1.00 bits per heavy atom. The fourth-order valence-electron chi connectivity index (χ4n) is 0. The summed E-state index contributed by atoms with van der Waals surface area (Å²) in [6, 6.07) is 0. The fourth-order valence-corrected chi connectivity index (χ4v) is 0. The summed E-state index contributed by atoms with van der Waals surface area (Å²) < 4.78 is 0. The molecule has 0 atom stereocenters. The predicted octanol–water partition coefficient (Wildman–Crippen LogP) is -1.84. The molecule has 0 amide bonds. The first-order valence-corrected chi connectivity index (χ1v) is 0. The van der Waals surface area contributed by atoms with Gasteiger partial charge in [-0.25, -0.2) is 0 Å². The molecule has 0 fully saturated rings. The molecule has 0 aromatic rings. The maximum absolute atomic E-state index is 0. The third kappa shape index (κ3) is 9.53. The molecule has 0 bridgehead atoms. The van der Waals surface area contributed by atoms with Crippen LogP contribution in [0.4, 0.5) is 0 Å². The van der Waals surface area contributed by atoms with E-state index in [0.29, 0.717) is 0 Å². The van der Waals surface area contributed by atoms with Gasteiger partial charge < -0.3 is 0 Å². The van der Waals surface area contributed by atoms with Crippen molar-refractivity contribution in [1.82, 2.24) is 0 Å². The second-order valence-electron chi connectivity index (χ2n) is 0. The van der Waals surface area contributed by atoms with Crippen molar-refractivity contribution < 1.29 is 43.3 Å². The number of hydrogen-bond donors (Lipinski definition) is 0. The molecule has 4 heavy (non-hydrogen) atoms. The summed E-state index contributed by atoms with van der Waals surface area (Å²) in [6.45, 7) is 0. The van der Waals surface area contributed by atoms with Gasteiger partial charge in [-0.05, 0) is 0 Å². The molecule has 1 radical (unpaired) electrons. The molecular weight excluding hydrogens is 324 g/mol. The minimum atomic E-state index is 0.